The van der Waals surface area contributed by atoms with Crippen LogP contribution in [0.4, 0.5) is 0 Å². The Morgan fingerprint density at radius 3 is 1.17 bits per heavy atom. The summed E-state index contributed by atoms with van der Waals surface area (Å²) in [6.07, 6.45) is 58.2. The van der Waals surface area contributed by atoms with Gasteiger partial charge in [0, 0.05) is 19.3 Å². The fourth-order valence-corrected chi connectivity index (χ4v) is 7.24. The third kappa shape index (κ3) is 46.4. The van der Waals surface area contributed by atoms with Crippen molar-refractivity contribution in [3.8, 4) is 0 Å². The molecule has 0 N–H and O–H groups in total. The number of ether oxygens (including phenoxy) is 3. The van der Waals surface area contributed by atoms with Gasteiger partial charge in [0.2, 0.25) is 0 Å². The van der Waals surface area contributed by atoms with Crippen molar-refractivity contribution in [2.24, 2.45) is 0 Å². The van der Waals surface area contributed by atoms with Gasteiger partial charge in [-0.1, -0.05) is 217 Å². The van der Waals surface area contributed by atoms with Crippen molar-refractivity contribution >= 4 is 17.9 Å². The number of carbonyl (C=O) groups is 3. The maximum atomic E-state index is 12.8. The van der Waals surface area contributed by atoms with Crippen LogP contribution in [0.2, 0.25) is 0 Å². The van der Waals surface area contributed by atoms with Gasteiger partial charge in [-0.2, -0.15) is 0 Å². The highest BCUT2D eigenvalue weighted by molar-refractivity contribution is 5.71. The third-order valence-electron chi connectivity index (χ3n) is 11.1. The van der Waals surface area contributed by atoms with Crippen molar-refractivity contribution in [3.63, 3.8) is 0 Å². The molecule has 0 radical (unpaired) electrons. The number of esters is 3. The molecule has 0 heterocycles. The second kappa shape index (κ2) is 49.0. The van der Waals surface area contributed by atoms with E-state index < -0.39 is 6.10 Å². The Balaban J connectivity index is 4.31. The second-order valence-corrected chi connectivity index (χ2v) is 17.1. The van der Waals surface area contributed by atoms with E-state index in [1.54, 1.807) is 0 Å². The van der Waals surface area contributed by atoms with Gasteiger partial charge in [0.1, 0.15) is 13.2 Å². The molecule has 0 aliphatic heterocycles. The van der Waals surface area contributed by atoms with Crippen molar-refractivity contribution < 1.29 is 28.6 Å². The van der Waals surface area contributed by atoms with Crippen LogP contribution < -0.4 is 0 Å². The summed E-state index contributed by atoms with van der Waals surface area (Å²) in [6.45, 7) is 6.46. The minimum Gasteiger partial charge on any atom is -0.462 e. The van der Waals surface area contributed by atoms with E-state index in [1.807, 2.05) is 0 Å². The van der Waals surface area contributed by atoms with Crippen molar-refractivity contribution in [3.05, 3.63) is 48.6 Å². The Morgan fingerprint density at radius 1 is 0.367 bits per heavy atom. The first-order valence-corrected chi connectivity index (χ1v) is 25.7. The zero-order valence-corrected chi connectivity index (χ0v) is 39.7. The third-order valence-corrected chi connectivity index (χ3v) is 11.1. The molecular formula is C54H96O6. The molecule has 348 valence electrons. The summed E-state index contributed by atoms with van der Waals surface area (Å²) in [5, 5.41) is 0. The van der Waals surface area contributed by atoms with Crippen LogP contribution in [0.5, 0.6) is 0 Å². The van der Waals surface area contributed by atoms with Crippen molar-refractivity contribution in [2.75, 3.05) is 13.2 Å². The summed E-state index contributed by atoms with van der Waals surface area (Å²) < 4.78 is 16.7. The van der Waals surface area contributed by atoms with E-state index in [0.29, 0.717) is 19.3 Å². The lowest BCUT2D eigenvalue weighted by Crippen LogP contribution is -2.30. The highest BCUT2D eigenvalue weighted by Crippen LogP contribution is 2.16. The molecule has 0 saturated heterocycles. The van der Waals surface area contributed by atoms with Crippen LogP contribution in [0.1, 0.15) is 258 Å². The molecule has 0 rings (SSSR count). The average molecular weight is 841 g/mol. The molecule has 1 unspecified atom stereocenters. The predicted octanol–water partition coefficient (Wildman–Crippen LogP) is 16.7. The lowest BCUT2D eigenvalue weighted by Gasteiger charge is -2.18. The molecule has 6 nitrogen and oxygen atoms in total. The first-order valence-electron chi connectivity index (χ1n) is 25.7. The van der Waals surface area contributed by atoms with Gasteiger partial charge in [-0.15, -0.1) is 0 Å². The SMILES string of the molecule is CC/C=C\C/C=C\CCCCC(=O)OCC(COC(=O)CCCCCCCCCCCCCCCCCCCC)OC(=O)CCCCCCCC/C=C\C=C/CCCCC. The normalized spacial score (nSPS) is 12.4. The van der Waals surface area contributed by atoms with E-state index in [4.69, 9.17) is 14.2 Å². The van der Waals surface area contributed by atoms with Gasteiger partial charge in [0.05, 0.1) is 0 Å². The fraction of sp³-hybridized carbons (Fsp3) is 0.796. The van der Waals surface area contributed by atoms with E-state index in [-0.39, 0.29) is 31.1 Å². The molecule has 0 aromatic carbocycles. The monoisotopic (exact) mass is 841 g/mol. The number of hydrogen-bond acceptors (Lipinski definition) is 6. The van der Waals surface area contributed by atoms with Crippen LogP contribution in [0, 0.1) is 0 Å². The molecule has 60 heavy (non-hydrogen) atoms. The Morgan fingerprint density at radius 2 is 0.700 bits per heavy atom. The second-order valence-electron chi connectivity index (χ2n) is 17.1. The van der Waals surface area contributed by atoms with E-state index >= 15 is 0 Å². The molecular weight excluding hydrogens is 745 g/mol. The lowest BCUT2D eigenvalue weighted by atomic mass is 10.0. The zero-order chi connectivity index (χ0) is 43.7. The summed E-state index contributed by atoms with van der Waals surface area (Å²) in [7, 11) is 0. The van der Waals surface area contributed by atoms with E-state index in [9.17, 15) is 14.4 Å². The number of allylic oxidation sites excluding steroid dienone is 8. The Labute approximate surface area is 371 Å². The van der Waals surface area contributed by atoms with Crippen LogP contribution in [-0.4, -0.2) is 37.2 Å². The van der Waals surface area contributed by atoms with Gasteiger partial charge in [-0.3, -0.25) is 14.4 Å². The smallest absolute Gasteiger partial charge is 0.306 e. The van der Waals surface area contributed by atoms with Gasteiger partial charge >= 0.3 is 17.9 Å². The molecule has 0 amide bonds. The Kier molecular flexibility index (Phi) is 46.9. The summed E-state index contributed by atoms with van der Waals surface area (Å²) in [5.41, 5.74) is 0. The molecule has 0 bridgehead atoms. The summed E-state index contributed by atoms with van der Waals surface area (Å²) >= 11 is 0. The lowest BCUT2D eigenvalue weighted by molar-refractivity contribution is -0.167. The van der Waals surface area contributed by atoms with Crippen LogP contribution in [0.15, 0.2) is 48.6 Å². The van der Waals surface area contributed by atoms with Gasteiger partial charge in [0.25, 0.3) is 0 Å². The largest absolute Gasteiger partial charge is 0.462 e. The fourth-order valence-electron chi connectivity index (χ4n) is 7.24. The number of rotatable bonds is 46. The molecule has 6 heteroatoms. The molecule has 0 aromatic rings. The van der Waals surface area contributed by atoms with E-state index in [2.05, 4.69) is 69.4 Å². The summed E-state index contributed by atoms with van der Waals surface area (Å²) in [6, 6.07) is 0. The highest BCUT2D eigenvalue weighted by Gasteiger charge is 2.19. The van der Waals surface area contributed by atoms with Gasteiger partial charge in [0.15, 0.2) is 6.10 Å². The Hall–Kier alpha value is -2.63. The summed E-state index contributed by atoms with van der Waals surface area (Å²) in [4.78, 5) is 37.8. The summed E-state index contributed by atoms with van der Waals surface area (Å²) in [5.74, 6) is -0.930. The number of hydrogen-bond donors (Lipinski definition) is 0. The average Bonchev–Trinajstić information content (AvgIpc) is 3.24. The minimum absolute atomic E-state index is 0.0860. The maximum absolute atomic E-state index is 12.8. The quantitative estimate of drug-likeness (QED) is 0.0200. The topological polar surface area (TPSA) is 78.9 Å². The molecule has 0 fully saturated rings. The molecule has 1 atom stereocenters. The van der Waals surface area contributed by atoms with Crippen molar-refractivity contribution in [2.45, 2.75) is 264 Å². The molecule has 0 aromatic heterocycles. The predicted molar refractivity (Wildman–Crippen MR) is 256 cm³/mol. The van der Waals surface area contributed by atoms with Gasteiger partial charge in [-0.25, -0.2) is 0 Å². The Bertz CT molecular complexity index is 1060. The maximum Gasteiger partial charge on any atom is 0.306 e. The molecule has 0 aliphatic rings. The molecule has 0 saturated carbocycles. The standard InChI is InChI=1S/C54H96O6/c1-4-7-10-13-16-19-21-23-25-26-27-29-30-32-35-38-41-44-47-53(56)59-50-51(49-58-52(55)46-43-40-37-34-18-15-12-9-6-3)60-54(57)48-45-42-39-36-33-31-28-24-22-20-17-14-11-8-5-2/h9,12,17-18,20,22,24,34,51H,4-8,10-11,13-16,19,21,23,25-33,35-50H2,1-3H3/b12-9-,20-17-,24-22-,34-18-. The van der Waals surface area contributed by atoms with Crippen LogP contribution in [0.3, 0.4) is 0 Å². The molecule has 0 aliphatic carbocycles. The zero-order valence-electron chi connectivity index (χ0n) is 39.7. The minimum atomic E-state index is -0.788. The van der Waals surface area contributed by atoms with Crippen molar-refractivity contribution in [1.82, 2.24) is 0 Å². The van der Waals surface area contributed by atoms with Gasteiger partial charge in [-0.05, 0) is 70.6 Å². The number of carbonyl (C=O) groups excluding carboxylic acids is 3. The van der Waals surface area contributed by atoms with Crippen molar-refractivity contribution in [1.29, 1.82) is 0 Å². The number of unbranched alkanes of at least 4 members (excludes halogenated alkanes) is 28. The first kappa shape index (κ1) is 57.4. The first-order chi connectivity index (χ1) is 29.5. The van der Waals surface area contributed by atoms with Crippen LogP contribution >= 0.6 is 0 Å². The van der Waals surface area contributed by atoms with E-state index in [0.717, 1.165) is 83.5 Å². The van der Waals surface area contributed by atoms with Gasteiger partial charge < -0.3 is 14.2 Å². The van der Waals surface area contributed by atoms with Crippen LogP contribution in [-0.2, 0) is 28.6 Å². The molecule has 0 spiro atoms. The highest BCUT2D eigenvalue weighted by atomic mass is 16.6. The van der Waals surface area contributed by atoms with E-state index in [1.165, 1.54) is 135 Å². The van der Waals surface area contributed by atoms with Crippen LogP contribution in [0.25, 0.3) is 0 Å².